The standard InChI is InChI=1S/C10H12IN/c1-7(2)10(12)8-3-5-9(11)6-4-8/h3-6,10H,1,12H2,2H3. The van der Waals surface area contributed by atoms with E-state index in [0.717, 1.165) is 11.1 Å². The Bertz CT molecular complexity index is 276. The zero-order valence-corrected chi connectivity index (χ0v) is 9.21. The summed E-state index contributed by atoms with van der Waals surface area (Å²) < 4.78 is 1.23. The summed E-state index contributed by atoms with van der Waals surface area (Å²) in [6.07, 6.45) is 0. The lowest BCUT2D eigenvalue weighted by atomic mass is 10.0. The molecule has 0 spiro atoms. The van der Waals surface area contributed by atoms with Crippen molar-refractivity contribution in [3.63, 3.8) is 0 Å². The average Bonchev–Trinajstić information content (AvgIpc) is 2.04. The molecular formula is C10H12IN. The van der Waals surface area contributed by atoms with Crippen LogP contribution in [0, 0.1) is 3.57 Å². The van der Waals surface area contributed by atoms with Gasteiger partial charge in [0.05, 0.1) is 6.04 Å². The molecule has 0 fully saturated rings. The fraction of sp³-hybridized carbons (Fsp3) is 0.200. The lowest BCUT2D eigenvalue weighted by Gasteiger charge is -2.10. The Morgan fingerprint density at radius 2 is 1.92 bits per heavy atom. The van der Waals surface area contributed by atoms with Gasteiger partial charge in [-0.15, -0.1) is 0 Å². The second-order valence-electron chi connectivity index (χ2n) is 2.88. The second-order valence-corrected chi connectivity index (χ2v) is 4.12. The maximum absolute atomic E-state index is 5.89. The summed E-state index contributed by atoms with van der Waals surface area (Å²) in [5.41, 5.74) is 8.01. The van der Waals surface area contributed by atoms with Gasteiger partial charge < -0.3 is 5.73 Å². The van der Waals surface area contributed by atoms with Gasteiger partial charge in [-0.2, -0.15) is 0 Å². The Hall–Kier alpha value is -0.350. The van der Waals surface area contributed by atoms with Crippen molar-refractivity contribution in [2.45, 2.75) is 13.0 Å². The van der Waals surface area contributed by atoms with Gasteiger partial charge in [-0.3, -0.25) is 0 Å². The molecule has 1 rings (SSSR count). The minimum absolute atomic E-state index is 0.0259. The van der Waals surface area contributed by atoms with E-state index in [1.165, 1.54) is 3.57 Å². The Morgan fingerprint density at radius 1 is 1.42 bits per heavy atom. The molecule has 2 heteroatoms. The van der Waals surface area contributed by atoms with Crippen LogP contribution in [0.5, 0.6) is 0 Å². The van der Waals surface area contributed by atoms with Crippen LogP contribution in [0.25, 0.3) is 0 Å². The van der Waals surface area contributed by atoms with Crippen LogP contribution in [0.4, 0.5) is 0 Å². The van der Waals surface area contributed by atoms with Crippen molar-refractivity contribution in [2.24, 2.45) is 5.73 Å². The lowest BCUT2D eigenvalue weighted by Crippen LogP contribution is -2.10. The van der Waals surface area contributed by atoms with Crippen LogP contribution < -0.4 is 5.73 Å². The van der Waals surface area contributed by atoms with Gasteiger partial charge in [-0.05, 0) is 47.2 Å². The smallest absolute Gasteiger partial charge is 0.0505 e. The van der Waals surface area contributed by atoms with Crippen LogP contribution in [0.15, 0.2) is 36.4 Å². The molecule has 0 bridgehead atoms. The highest BCUT2D eigenvalue weighted by molar-refractivity contribution is 14.1. The topological polar surface area (TPSA) is 26.0 Å². The molecule has 64 valence electrons. The van der Waals surface area contributed by atoms with Crippen molar-refractivity contribution in [3.8, 4) is 0 Å². The average molecular weight is 273 g/mol. The third-order valence-electron chi connectivity index (χ3n) is 1.76. The van der Waals surface area contributed by atoms with E-state index in [2.05, 4.69) is 41.3 Å². The third-order valence-corrected chi connectivity index (χ3v) is 2.48. The van der Waals surface area contributed by atoms with Gasteiger partial charge in [0.15, 0.2) is 0 Å². The van der Waals surface area contributed by atoms with Crippen LogP contribution in [0.3, 0.4) is 0 Å². The third kappa shape index (κ3) is 2.32. The van der Waals surface area contributed by atoms with E-state index < -0.39 is 0 Å². The van der Waals surface area contributed by atoms with E-state index in [4.69, 9.17) is 5.73 Å². The molecule has 0 aromatic heterocycles. The number of benzene rings is 1. The van der Waals surface area contributed by atoms with Gasteiger partial charge in [0.2, 0.25) is 0 Å². The highest BCUT2D eigenvalue weighted by Gasteiger charge is 2.04. The summed E-state index contributed by atoms with van der Waals surface area (Å²) in [6.45, 7) is 5.77. The second kappa shape index (κ2) is 4.05. The Kier molecular flexibility index (Phi) is 3.29. The molecule has 0 aliphatic heterocycles. The molecule has 2 N–H and O–H groups in total. The van der Waals surface area contributed by atoms with Crippen LogP contribution >= 0.6 is 22.6 Å². The molecule has 1 aromatic rings. The highest BCUT2D eigenvalue weighted by Crippen LogP contribution is 2.17. The highest BCUT2D eigenvalue weighted by atomic mass is 127. The SMILES string of the molecule is C=C(C)C(N)c1ccc(I)cc1. The van der Waals surface area contributed by atoms with Crippen molar-refractivity contribution in [3.05, 3.63) is 45.6 Å². The lowest BCUT2D eigenvalue weighted by molar-refractivity contribution is 0.850. The van der Waals surface area contributed by atoms with E-state index in [1.807, 2.05) is 19.1 Å². The van der Waals surface area contributed by atoms with Crippen molar-refractivity contribution in [2.75, 3.05) is 0 Å². The summed E-state index contributed by atoms with van der Waals surface area (Å²) in [5, 5.41) is 0. The molecule has 0 aliphatic rings. The Labute approximate surface area is 86.8 Å². The van der Waals surface area contributed by atoms with Crippen molar-refractivity contribution >= 4 is 22.6 Å². The minimum atomic E-state index is -0.0259. The summed E-state index contributed by atoms with van der Waals surface area (Å²) in [7, 11) is 0. The van der Waals surface area contributed by atoms with Crippen molar-refractivity contribution in [1.82, 2.24) is 0 Å². The van der Waals surface area contributed by atoms with Gasteiger partial charge in [0.25, 0.3) is 0 Å². The van der Waals surface area contributed by atoms with Gasteiger partial charge >= 0.3 is 0 Å². The van der Waals surface area contributed by atoms with Crippen molar-refractivity contribution < 1.29 is 0 Å². The first kappa shape index (κ1) is 9.74. The largest absolute Gasteiger partial charge is 0.321 e. The molecular weight excluding hydrogens is 261 g/mol. The van der Waals surface area contributed by atoms with Crippen LogP contribution in [0.1, 0.15) is 18.5 Å². The molecule has 0 radical (unpaired) electrons. The minimum Gasteiger partial charge on any atom is -0.321 e. The maximum atomic E-state index is 5.89. The molecule has 0 saturated heterocycles. The van der Waals surface area contributed by atoms with Gasteiger partial charge in [0, 0.05) is 3.57 Å². The molecule has 1 unspecified atom stereocenters. The number of nitrogens with two attached hydrogens (primary N) is 1. The van der Waals surface area contributed by atoms with Gasteiger partial charge in [0.1, 0.15) is 0 Å². The van der Waals surface area contributed by atoms with E-state index in [1.54, 1.807) is 0 Å². The predicted octanol–water partition coefficient (Wildman–Crippen LogP) is 2.87. The Morgan fingerprint density at radius 3 is 2.33 bits per heavy atom. The van der Waals surface area contributed by atoms with Crippen LogP contribution in [-0.4, -0.2) is 0 Å². The van der Waals surface area contributed by atoms with Gasteiger partial charge in [-0.25, -0.2) is 0 Å². The summed E-state index contributed by atoms with van der Waals surface area (Å²) in [5.74, 6) is 0. The number of rotatable bonds is 2. The number of hydrogen-bond donors (Lipinski definition) is 1. The molecule has 1 aromatic carbocycles. The molecule has 1 nitrogen and oxygen atoms in total. The molecule has 0 heterocycles. The van der Waals surface area contributed by atoms with E-state index >= 15 is 0 Å². The Balaban J connectivity index is 2.89. The summed E-state index contributed by atoms with van der Waals surface area (Å²) in [6, 6.07) is 8.17. The quantitative estimate of drug-likeness (QED) is 0.650. The molecule has 12 heavy (non-hydrogen) atoms. The molecule has 0 amide bonds. The monoisotopic (exact) mass is 273 g/mol. The van der Waals surface area contributed by atoms with Gasteiger partial charge in [-0.1, -0.05) is 24.3 Å². The number of hydrogen-bond acceptors (Lipinski definition) is 1. The van der Waals surface area contributed by atoms with E-state index in [9.17, 15) is 0 Å². The zero-order chi connectivity index (χ0) is 9.14. The van der Waals surface area contributed by atoms with Crippen molar-refractivity contribution in [1.29, 1.82) is 0 Å². The van der Waals surface area contributed by atoms with E-state index in [-0.39, 0.29) is 6.04 Å². The number of halogens is 1. The molecule has 1 atom stereocenters. The maximum Gasteiger partial charge on any atom is 0.0505 e. The van der Waals surface area contributed by atoms with Crippen LogP contribution in [0.2, 0.25) is 0 Å². The normalized spacial score (nSPS) is 12.6. The molecule has 0 aliphatic carbocycles. The summed E-state index contributed by atoms with van der Waals surface area (Å²) >= 11 is 2.27. The fourth-order valence-electron chi connectivity index (χ4n) is 0.955. The zero-order valence-electron chi connectivity index (χ0n) is 7.05. The first-order valence-electron chi connectivity index (χ1n) is 3.77. The van der Waals surface area contributed by atoms with Crippen LogP contribution in [-0.2, 0) is 0 Å². The first-order valence-corrected chi connectivity index (χ1v) is 4.85. The first-order chi connectivity index (χ1) is 5.61. The fourth-order valence-corrected chi connectivity index (χ4v) is 1.31. The summed E-state index contributed by atoms with van der Waals surface area (Å²) in [4.78, 5) is 0. The van der Waals surface area contributed by atoms with E-state index in [0.29, 0.717) is 0 Å². The molecule has 0 saturated carbocycles. The predicted molar refractivity (Wildman–Crippen MR) is 60.9 cm³/mol.